The molecule has 16 rings (SSSR count). The predicted octanol–water partition coefficient (Wildman–Crippen LogP) is 18.8. The number of benzene rings is 10. The van der Waals surface area contributed by atoms with E-state index in [2.05, 4.69) is 278 Å². The van der Waals surface area contributed by atoms with E-state index >= 15 is 0 Å². The second kappa shape index (κ2) is 18.6. The molecule has 1 spiro atoms. The summed E-state index contributed by atoms with van der Waals surface area (Å²) in [6, 6.07) is 88.8. The van der Waals surface area contributed by atoms with Crippen LogP contribution in [0.15, 0.2) is 284 Å². The lowest BCUT2D eigenvalue weighted by Crippen LogP contribution is -2.25. The van der Waals surface area contributed by atoms with Crippen molar-refractivity contribution in [3.8, 4) is 73.0 Å². The molecule has 2 heterocycles. The molecule has 0 fully saturated rings. The highest BCUT2D eigenvalue weighted by Gasteiger charge is 2.52. The fraction of sp³-hybridized carbons (Fsp3) is 0.0658. The maximum atomic E-state index is 5.80. The summed E-state index contributed by atoms with van der Waals surface area (Å²) in [6.07, 6.45) is 14.4. The van der Waals surface area contributed by atoms with Crippen LogP contribution >= 0.6 is 0 Å². The first-order valence-electron chi connectivity index (χ1n) is 28.0. The summed E-state index contributed by atoms with van der Waals surface area (Å²) in [5.74, 6) is 1.80. The Kier molecular flexibility index (Phi) is 10.7. The number of aromatic nitrogens is 4. The highest BCUT2D eigenvalue weighted by molar-refractivity contribution is 6.13. The van der Waals surface area contributed by atoms with Crippen molar-refractivity contribution >= 4 is 27.4 Å². The van der Waals surface area contributed by atoms with Gasteiger partial charge < -0.3 is 0 Å². The molecule has 0 amide bonds. The van der Waals surface area contributed by atoms with Crippen LogP contribution in [-0.4, -0.2) is 19.5 Å². The highest BCUT2D eigenvalue weighted by Crippen LogP contribution is 2.63. The zero-order valence-electron chi connectivity index (χ0n) is 44.0. The van der Waals surface area contributed by atoms with Crippen LogP contribution in [0, 0.1) is 0 Å². The van der Waals surface area contributed by atoms with E-state index in [0.717, 1.165) is 80.3 Å². The predicted molar refractivity (Wildman–Crippen MR) is 329 cm³/mol. The number of allylic oxidation sites excluding steroid dienone is 8. The quantitative estimate of drug-likeness (QED) is 0.152. The zero-order chi connectivity index (χ0) is 52.7. The van der Waals surface area contributed by atoms with Gasteiger partial charge in [-0.15, -0.1) is 0 Å². The van der Waals surface area contributed by atoms with Gasteiger partial charge in [0.2, 0.25) is 5.95 Å². The number of rotatable bonds is 8. The summed E-state index contributed by atoms with van der Waals surface area (Å²) in [6.45, 7) is 0. The Morgan fingerprint density at radius 2 is 0.938 bits per heavy atom. The van der Waals surface area contributed by atoms with Crippen molar-refractivity contribution in [3.63, 3.8) is 0 Å². The Bertz CT molecular complexity index is 4500. The van der Waals surface area contributed by atoms with Crippen molar-refractivity contribution in [1.29, 1.82) is 0 Å². The molecule has 4 heteroatoms. The fourth-order valence-electron chi connectivity index (χ4n) is 13.6. The van der Waals surface area contributed by atoms with E-state index in [4.69, 9.17) is 15.0 Å². The topological polar surface area (TPSA) is 43.6 Å². The molecule has 4 aliphatic rings. The first-order valence-corrected chi connectivity index (χ1v) is 28.0. The molecule has 1 unspecified atom stereocenters. The number of fused-ring (bicyclic) bond motifs is 13. The van der Waals surface area contributed by atoms with E-state index in [-0.39, 0.29) is 5.92 Å². The molecule has 4 aliphatic carbocycles. The van der Waals surface area contributed by atoms with Gasteiger partial charge in [-0.05, 0) is 162 Å². The molecule has 0 saturated carbocycles. The Morgan fingerprint density at radius 3 is 1.54 bits per heavy atom. The maximum absolute atomic E-state index is 5.80. The van der Waals surface area contributed by atoms with Gasteiger partial charge in [0.05, 0.1) is 16.4 Å². The molecule has 376 valence electrons. The third kappa shape index (κ3) is 7.33. The molecular weight excluding hydrogens is 969 g/mol. The summed E-state index contributed by atoms with van der Waals surface area (Å²) in [5.41, 5.74) is 24.5. The average Bonchev–Trinajstić information content (AvgIpc) is 3.21. The summed E-state index contributed by atoms with van der Waals surface area (Å²) in [5, 5.41) is 2.29. The minimum Gasteiger partial charge on any atom is -0.278 e. The molecule has 0 N–H and O–H groups in total. The molecule has 0 bridgehead atoms. The van der Waals surface area contributed by atoms with Crippen molar-refractivity contribution in [2.24, 2.45) is 0 Å². The Labute approximate surface area is 465 Å². The van der Waals surface area contributed by atoms with Gasteiger partial charge in [-0.2, -0.15) is 9.97 Å². The molecule has 2 aromatic heterocycles. The Balaban J connectivity index is 0.999. The van der Waals surface area contributed by atoms with Gasteiger partial charge in [0.1, 0.15) is 5.82 Å². The molecule has 0 aliphatic heterocycles. The third-order valence-corrected chi connectivity index (χ3v) is 17.3. The highest BCUT2D eigenvalue weighted by atomic mass is 15.2. The van der Waals surface area contributed by atoms with Gasteiger partial charge in [0, 0.05) is 22.3 Å². The maximum Gasteiger partial charge on any atom is 0.238 e. The van der Waals surface area contributed by atoms with Gasteiger partial charge >= 0.3 is 0 Å². The molecule has 10 aromatic carbocycles. The lowest BCUT2D eigenvalue weighted by atomic mass is 9.70. The number of nitrogens with zero attached hydrogens (tertiary/aromatic N) is 4. The SMILES string of the molecule is C1=CCCC(C2=CC(c3ccccc3)=CC(c3nc(-c4cc(-c5ccccc5)cc(-c5ccccc5)c4)nc(-n4c5ccc(-c6ccccc6)cc5c5cc6c(cc54)C4(c5ccccc5-c5ccccc54)c4ccccc4-6)n3)C2)=C1. The van der Waals surface area contributed by atoms with Crippen LogP contribution in [0.2, 0.25) is 0 Å². The molecule has 0 saturated heterocycles. The molecule has 4 nitrogen and oxygen atoms in total. The van der Waals surface area contributed by atoms with Crippen molar-refractivity contribution in [2.45, 2.75) is 30.6 Å². The summed E-state index contributed by atoms with van der Waals surface area (Å²) < 4.78 is 2.35. The van der Waals surface area contributed by atoms with E-state index in [1.54, 1.807) is 0 Å². The van der Waals surface area contributed by atoms with Crippen LogP contribution in [0.4, 0.5) is 0 Å². The summed E-state index contributed by atoms with van der Waals surface area (Å²) in [7, 11) is 0. The lowest BCUT2D eigenvalue weighted by molar-refractivity contribution is 0.728. The van der Waals surface area contributed by atoms with E-state index in [0.29, 0.717) is 11.8 Å². The van der Waals surface area contributed by atoms with Crippen molar-refractivity contribution < 1.29 is 0 Å². The average molecular weight is 1020 g/mol. The Morgan fingerprint density at radius 1 is 0.400 bits per heavy atom. The van der Waals surface area contributed by atoms with Gasteiger partial charge in [-0.25, -0.2) is 4.98 Å². The number of hydrogen-bond donors (Lipinski definition) is 0. The van der Waals surface area contributed by atoms with E-state index < -0.39 is 5.41 Å². The first-order chi connectivity index (χ1) is 39.6. The van der Waals surface area contributed by atoms with Crippen LogP contribution in [-0.2, 0) is 5.41 Å². The van der Waals surface area contributed by atoms with Crippen LogP contribution in [0.5, 0.6) is 0 Å². The molecular formula is C76H52N4. The Hall–Kier alpha value is -10.0. The monoisotopic (exact) mass is 1020 g/mol. The fourth-order valence-corrected chi connectivity index (χ4v) is 13.6. The lowest BCUT2D eigenvalue weighted by Gasteiger charge is -2.30. The summed E-state index contributed by atoms with van der Waals surface area (Å²) >= 11 is 0. The van der Waals surface area contributed by atoms with E-state index in [9.17, 15) is 0 Å². The van der Waals surface area contributed by atoms with Crippen LogP contribution in [0.25, 0.3) is 100 Å². The van der Waals surface area contributed by atoms with Crippen molar-refractivity contribution in [3.05, 3.63) is 318 Å². The molecule has 80 heavy (non-hydrogen) atoms. The first kappa shape index (κ1) is 46.1. The van der Waals surface area contributed by atoms with Crippen LogP contribution < -0.4 is 0 Å². The minimum atomic E-state index is -0.544. The van der Waals surface area contributed by atoms with Gasteiger partial charge in [-0.1, -0.05) is 231 Å². The van der Waals surface area contributed by atoms with Crippen LogP contribution in [0.1, 0.15) is 58.8 Å². The second-order valence-electron chi connectivity index (χ2n) is 21.7. The van der Waals surface area contributed by atoms with Crippen molar-refractivity contribution in [1.82, 2.24) is 19.5 Å². The standard InChI is InChI=1S/C76H52N4/c1-6-22-49(23-7-1)54-38-39-71-65(46-54)66-47-64-63-34-18-21-37-69(63)76(67-35-19-16-32-61(67)62-33-17-20-36-68(62)76)70(64)48-72(66)80(71)75-78-73(59-42-55(50-24-8-2-9-25-50)40-56(43-59)51-26-10-3-11-27-51)77-74(79-75)60-44-57(52-28-12-4-13-29-52)41-58(45-60)53-30-14-5-15-31-53/h1-14,16-30,32-44,46-48,60H,15,31,45H2. The van der Waals surface area contributed by atoms with Crippen molar-refractivity contribution in [2.75, 3.05) is 0 Å². The summed E-state index contributed by atoms with van der Waals surface area (Å²) in [4.78, 5) is 17.2. The number of hydrogen-bond acceptors (Lipinski definition) is 3. The largest absolute Gasteiger partial charge is 0.278 e. The second-order valence-corrected chi connectivity index (χ2v) is 21.7. The molecule has 12 aromatic rings. The normalized spacial score (nSPS) is 15.5. The van der Waals surface area contributed by atoms with E-state index in [1.807, 2.05) is 0 Å². The van der Waals surface area contributed by atoms with Gasteiger partial charge in [-0.3, -0.25) is 4.57 Å². The smallest absolute Gasteiger partial charge is 0.238 e. The minimum absolute atomic E-state index is 0.158. The molecule has 1 atom stereocenters. The van der Waals surface area contributed by atoms with Gasteiger partial charge in [0.25, 0.3) is 0 Å². The van der Waals surface area contributed by atoms with E-state index in [1.165, 1.54) is 72.4 Å². The molecule has 0 radical (unpaired) electrons. The zero-order valence-corrected chi connectivity index (χ0v) is 44.0. The van der Waals surface area contributed by atoms with Gasteiger partial charge in [0.15, 0.2) is 5.82 Å². The van der Waals surface area contributed by atoms with Crippen LogP contribution in [0.3, 0.4) is 0 Å². The third-order valence-electron chi connectivity index (χ3n) is 17.3.